The van der Waals surface area contributed by atoms with Gasteiger partial charge in [0, 0.05) is 6.20 Å². The number of hydrogen-bond donors (Lipinski definition) is 2. The second kappa shape index (κ2) is 8.19. The predicted octanol–water partition coefficient (Wildman–Crippen LogP) is 0.594. The zero-order chi connectivity index (χ0) is 14.1. The number of sulfonamides is 1. The summed E-state index contributed by atoms with van der Waals surface area (Å²) in [6.45, 7) is 5.75. The standard InChI is InChI=1S/C12H22N4O2S/c1-3-5-13-6-4-7-19(17,18)16-10-12-9-14-11(2)8-15-12/h8-9,13,16H,3-7,10H2,1-2H3. The van der Waals surface area contributed by atoms with Crippen LogP contribution in [0.4, 0.5) is 0 Å². The molecule has 0 saturated carbocycles. The lowest BCUT2D eigenvalue weighted by atomic mass is 10.4. The molecule has 108 valence electrons. The van der Waals surface area contributed by atoms with Crippen molar-refractivity contribution >= 4 is 10.0 Å². The molecule has 1 rings (SSSR count). The Bertz CT molecular complexity index is 459. The van der Waals surface area contributed by atoms with Crippen molar-refractivity contribution in [2.45, 2.75) is 33.2 Å². The highest BCUT2D eigenvalue weighted by Gasteiger charge is 2.09. The lowest BCUT2D eigenvalue weighted by Gasteiger charge is -2.07. The molecule has 19 heavy (non-hydrogen) atoms. The lowest BCUT2D eigenvalue weighted by Crippen LogP contribution is -2.28. The van der Waals surface area contributed by atoms with Crippen LogP contribution in [0.15, 0.2) is 12.4 Å². The summed E-state index contributed by atoms with van der Waals surface area (Å²) in [4.78, 5) is 8.17. The Morgan fingerprint density at radius 3 is 2.63 bits per heavy atom. The molecule has 0 bridgehead atoms. The minimum Gasteiger partial charge on any atom is -0.317 e. The largest absolute Gasteiger partial charge is 0.317 e. The Hall–Kier alpha value is -1.05. The molecule has 0 fully saturated rings. The van der Waals surface area contributed by atoms with Crippen molar-refractivity contribution in [1.82, 2.24) is 20.0 Å². The van der Waals surface area contributed by atoms with E-state index < -0.39 is 10.0 Å². The van der Waals surface area contributed by atoms with Crippen molar-refractivity contribution in [3.63, 3.8) is 0 Å². The third kappa shape index (κ3) is 7.19. The maximum atomic E-state index is 11.7. The maximum Gasteiger partial charge on any atom is 0.211 e. The van der Waals surface area contributed by atoms with Gasteiger partial charge < -0.3 is 5.32 Å². The molecule has 0 amide bonds. The van der Waals surface area contributed by atoms with E-state index in [1.54, 1.807) is 12.4 Å². The summed E-state index contributed by atoms with van der Waals surface area (Å²) < 4.78 is 26.0. The maximum absolute atomic E-state index is 11.7. The van der Waals surface area contributed by atoms with Crippen molar-refractivity contribution in [2.24, 2.45) is 0 Å². The van der Waals surface area contributed by atoms with E-state index in [9.17, 15) is 8.42 Å². The SMILES string of the molecule is CCCNCCCS(=O)(=O)NCc1cnc(C)cn1. The van der Waals surface area contributed by atoms with Gasteiger partial charge in [-0.25, -0.2) is 13.1 Å². The van der Waals surface area contributed by atoms with E-state index in [0.717, 1.165) is 25.2 Å². The van der Waals surface area contributed by atoms with Gasteiger partial charge in [0.05, 0.1) is 29.9 Å². The zero-order valence-electron chi connectivity index (χ0n) is 11.5. The molecule has 1 heterocycles. The summed E-state index contributed by atoms with van der Waals surface area (Å²) in [7, 11) is -3.23. The first-order valence-electron chi connectivity index (χ1n) is 6.49. The van der Waals surface area contributed by atoms with Crippen LogP contribution in [0.1, 0.15) is 31.2 Å². The topological polar surface area (TPSA) is 84.0 Å². The Morgan fingerprint density at radius 1 is 1.21 bits per heavy atom. The second-order valence-electron chi connectivity index (χ2n) is 4.39. The average Bonchev–Trinajstić information content (AvgIpc) is 2.38. The van der Waals surface area contributed by atoms with Crippen LogP contribution in [-0.4, -0.2) is 37.2 Å². The molecular formula is C12H22N4O2S. The van der Waals surface area contributed by atoms with E-state index in [1.165, 1.54) is 0 Å². The summed E-state index contributed by atoms with van der Waals surface area (Å²) >= 11 is 0. The van der Waals surface area contributed by atoms with Crippen LogP contribution >= 0.6 is 0 Å². The van der Waals surface area contributed by atoms with E-state index in [1.807, 2.05) is 6.92 Å². The van der Waals surface area contributed by atoms with Crippen molar-refractivity contribution in [2.75, 3.05) is 18.8 Å². The quantitative estimate of drug-likeness (QED) is 0.649. The Morgan fingerprint density at radius 2 is 2.00 bits per heavy atom. The minimum atomic E-state index is -3.23. The van der Waals surface area contributed by atoms with Gasteiger partial charge in [-0.2, -0.15) is 0 Å². The van der Waals surface area contributed by atoms with Gasteiger partial charge in [-0.1, -0.05) is 6.92 Å². The molecule has 7 heteroatoms. The van der Waals surface area contributed by atoms with Crippen LogP contribution in [0, 0.1) is 6.92 Å². The normalized spacial score (nSPS) is 11.7. The summed E-state index contributed by atoms with van der Waals surface area (Å²) in [5, 5.41) is 3.17. The number of aryl methyl sites for hydroxylation is 1. The van der Waals surface area contributed by atoms with Crippen LogP contribution in [-0.2, 0) is 16.6 Å². The molecule has 1 aromatic heterocycles. The van der Waals surface area contributed by atoms with Crippen molar-refractivity contribution < 1.29 is 8.42 Å². The second-order valence-corrected chi connectivity index (χ2v) is 6.32. The highest BCUT2D eigenvalue weighted by atomic mass is 32.2. The Kier molecular flexibility index (Phi) is 6.90. The predicted molar refractivity (Wildman–Crippen MR) is 75.2 cm³/mol. The monoisotopic (exact) mass is 286 g/mol. The summed E-state index contributed by atoms with van der Waals surface area (Å²) in [5.41, 5.74) is 1.44. The first-order chi connectivity index (χ1) is 9.03. The molecule has 0 aliphatic carbocycles. The fraction of sp³-hybridized carbons (Fsp3) is 0.667. The van der Waals surface area contributed by atoms with Crippen molar-refractivity contribution in [1.29, 1.82) is 0 Å². The van der Waals surface area contributed by atoms with Crippen LogP contribution in [0.3, 0.4) is 0 Å². The average molecular weight is 286 g/mol. The van der Waals surface area contributed by atoms with E-state index in [-0.39, 0.29) is 12.3 Å². The first-order valence-corrected chi connectivity index (χ1v) is 8.14. The highest BCUT2D eigenvalue weighted by Crippen LogP contribution is 1.96. The van der Waals surface area contributed by atoms with E-state index in [2.05, 4.69) is 26.9 Å². The summed E-state index contributed by atoms with van der Waals surface area (Å²) in [5.74, 6) is 0.128. The lowest BCUT2D eigenvalue weighted by molar-refractivity contribution is 0.573. The molecule has 0 aliphatic heterocycles. The van der Waals surface area contributed by atoms with Gasteiger partial charge in [0.25, 0.3) is 0 Å². The number of nitrogens with zero attached hydrogens (tertiary/aromatic N) is 2. The Balaban J connectivity index is 2.28. The van der Waals surface area contributed by atoms with Crippen LogP contribution < -0.4 is 10.0 Å². The third-order valence-corrected chi connectivity index (χ3v) is 3.91. The first kappa shape index (κ1) is 16.0. The van der Waals surface area contributed by atoms with E-state index in [4.69, 9.17) is 0 Å². The van der Waals surface area contributed by atoms with Crippen molar-refractivity contribution in [3.05, 3.63) is 23.8 Å². The van der Waals surface area contributed by atoms with Crippen LogP contribution in [0.25, 0.3) is 0 Å². The van der Waals surface area contributed by atoms with Gasteiger partial charge in [-0.3, -0.25) is 9.97 Å². The van der Waals surface area contributed by atoms with E-state index >= 15 is 0 Å². The molecule has 0 spiro atoms. The summed E-state index contributed by atoms with van der Waals surface area (Å²) in [6, 6.07) is 0. The number of aromatic nitrogens is 2. The molecule has 0 aromatic carbocycles. The molecule has 2 N–H and O–H groups in total. The molecule has 1 aromatic rings. The molecule has 0 saturated heterocycles. The fourth-order valence-corrected chi connectivity index (χ4v) is 2.49. The number of hydrogen-bond acceptors (Lipinski definition) is 5. The van der Waals surface area contributed by atoms with Gasteiger partial charge in [0.1, 0.15) is 0 Å². The third-order valence-electron chi connectivity index (χ3n) is 2.50. The van der Waals surface area contributed by atoms with Crippen molar-refractivity contribution in [3.8, 4) is 0 Å². The Labute approximate surface area is 115 Å². The smallest absolute Gasteiger partial charge is 0.211 e. The molecule has 6 nitrogen and oxygen atoms in total. The number of rotatable bonds is 9. The van der Waals surface area contributed by atoms with Gasteiger partial charge in [-0.05, 0) is 32.9 Å². The van der Waals surface area contributed by atoms with Gasteiger partial charge >= 0.3 is 0 Å². The highest BCUT2D eigenvalue weighted by molar-refractivity contribution is 7.89. The van der Waals surface area contributed by atoms with E-state index in [0.29, 0.717) is 12.1 Å². The van der Waals surface area contributed by atoms with Gasteiger partial charge in [-0.15, -0.1) is 0 Å². The molecule has 0 atom stereocenters. The zero-order valence-corrected chi connectivity index (χ0v) is 12.3. The van der Waals surface area contributed by atoms with Crippen LogP contribution in [0.5, 0.6) is 0 Å². The van der Waals surface area contributed by atoms with Gasteiger partial charge in [0.15, 0.2) is 0 Å². The molecule has 0 aliphatic rings. The summed E-state index contributed by atoms with van der Waals surface area (Å²) in [6.07, 6.45) is 4.87. The number of nitrogens with one attached hydrogen (secondary N) is 2. The fourth-order valence-electron chi connectivity index (χ4n) is 1.46. The minimum absolute atomic E-state index is 0.128. The van der Waals surface area contributed by atoms with Gasteiger partial charge in [0.2, 0.25) is 10.0 Å². The molecule has 0 radical (unpaired) electrons. The molecule has 0 unspecified atom stereocenters. The van der Waals surface area contributed by atoms with Crippen LogP contribution in [0.2, 0.25) is 0 Å². The molecular weight excluding hydrogens is 264 g/mol.